The van der Waals surface area contributed by atoms with E-state index in [-0.39, 0.29) is 0 Å². The van der Waals surface area contributed by atoms with Gasteiger partial charge in [0.25, 0.3) is 0 Å². The average molecular weight is 121 g/mol. The molecule has 1 nitrogen and oxygen atoms in total. The summed E-state index contributed by atoms with van der Waals surface area (Å²) in [5.74, 6) is 0. The van der Waals surface area contributed by atoms with Gasteiger partial charge in [-0.3, -0.25) is 0 Å². The SMILES string of the molecule is CC.CCN(F)CC. The maximum absolute atomic E-state index is 11.7. The van der Waals surface area contributed by atoms with Crippen LogP contribution in [0.2, 0.25) is 0 Å². The second-order valence-corrected chi connectivity index (χ2v) is 1.10. The zero-order chi connectivity index (χ0) is 6.99. The Morgan fingerprint density at radius 3 is 1.38 bits per heavy atom. The van der Waals surface area contributed by atoms with Gasteiger partial charge in [0.1, 0.15) is 0 Å². The Hall–Kier alpha value is -0.110. The standard InChI is InChI=1S/C4H10FN.C2H6/c1-3-6(5)4-2;1-2/h3-4H2,1-2H3;1-2H3. The van der Waals surface area contributed by atoms with E-state index in [0.717, 1.165) is 5.12 Å². The first-order valence-electron chi connectivity index (χ1n) is 3.22. The summed E-state index contributed by atoms with van der Waals surface area (Å²) in [4.78, 5) is 0. The molecule has 0 N–H and O–H groups in total. The molecule has 0 saturated carbocycles. The first kappa shape index (κ1) is 10.8. The van der Waals surface area contributed by atoms with Crippen LogP contribution in [0, 0.1) is 0 Å². The molecule has 0 aliphatic heterocycles. The zero-order valence-corrected chi connectivity index (χ0v) is 6.24. The van der Waals surface area contributed by atoms with Crippen LogP contribution in [0.3, 0.4) is 0 Å². The Kier molecular flexibility index (Phi) is 13.5. The van der Waals surface area contributed by atoms with Gasteiger partial charge >= 0.3 is 0 Å². The van der Waals surface area contributed by atoms with Gasteiger partial charge in [-0.2, -0.15) is 0 Å². The minimum Gasteiger partial charge on any atom is -0.147 e. The van der Waals surface area contributed by atoms with Crippen molar-refractivity contribution in [3.8, 4) is 0 Å². The van der Waals surface area contributed by atoms with Crippen LogP contribution in [0.1, 0.15) is 27.7 Å². The fourth-order valence-electron chi connectivity index (χ4n) is 0.224. The highest BCUT2D eigenvalue weighted by Crippen LogP contribution is 1.81. The van der Waals surface area contributed by atoms with E-state index in [1.807, 2.05) is 13.8 Å². The molecule has 0 aliphatic carbocycles. The molecule has 0 heterocycles. The minimum absolute atomic E-state index is 0.497. The van der Waals surface area contributed by atoms with Crippen LogP contribution in [0.4, 0.5) is 4.48 Å². The lowest BCUT2D eigenvalue weighted by Crippen LogP contribution is -2.10. The molecule has 0 saturated heterocycles. The Morgan fingerprint density at radius 2 is 1.38 bits per heavy atom. The smallest absolute Gasteiger partial charge is 0.0261 e. The van der Waals surface area contributed by atoms with Gasteiger partial charge in [0.05, 0.1) is 0 Å². The Balaban J connectivity index is 0. The van der Waals surface area contributed by atoms with Crippen LogP contribution in [0.5, 0.6) is 0 Å². The lowest BCUT2D eigenvalue weighted by Gasteiger charge is -2.00. The Labute approximate surface area is 51.4 Å². The number of rotatable bonds is 2. The van der Waals surface area contributed by atoms with E-state index in [4.69, 9.17) is 0 Å². The van der Waals surface area contributed by atoms with E-state index in [0.29, 0.717) is 13.1 Å². The molecule has 0 amide bonds. The predicted molar refractivity (Wildman–Crippen MR) is 35.4 cm³/mol. The first-order valence-corrected chi connectivity index (χ1v) is 3.22. The topological polar surface area (TPSA) is 3.24 Å². The van der Waals surface area contributed by atoms with Crippen LogP contribution in [-0.4, -0.2) is 18.2 Å². The molecule has 2 heteroatoms. The fourth-order valence-corrected chi connectivity index (χ4v) is 0.224. The van der Waals surface area contributed by atoms with Crippen molar-refractivity contribution in [3.63, 3.8) is 0 Å². The molecule has 0 aromatic rings. The number of nitrogens with zero attached hydrogens (tertiary/aromatic N) is 1. The van der Waals surface area contributed by atoms with E-state index in [2.05, 4.69) is 0 Å². The molecule has 0 aromatic carbocycles. The summed E-state index contributed by atoms with van der Waals surface area (Å²) in [6, 6.07) is 0. The number of hydrogen-bond donors (Lipinski definition) is 0. The molecule has 0 unspecified atom stereocenters. The molecule has 0 bridgehead atoms. The lowest BCUT2D eigenvalue weighted by molar-refractivity contribution is 0.0389. The highest BCUT2D eigenvalue weighted by molar-refractivity contribution is 4.27. The quantitative estimate of drug-likeness (QED) is 0.506. The molecule has 8 heavy (non-hydrogen) atoms. The summed E-state index contributed by atoms with van der Waals surface area (Å²) in [5, 5.41) is 0.750. The van der Waals surface area contributed by atoms with Crippen LogP contribution < -0.4 is 0 Å². The second kappa shape index (κ2) is 10.00. The summed E-state index contributed by atoms with van der Waals surface area (Å²) in [6.07, 6.45) is 0. The third-order valence-electron chi connectivity index (χ3n) is 0.686. The number of hydrogen-bond acceptors (Lipinski definition) is 1. The van der Waals surface area contributed by atoms with E-state index in [1.54, 1.807) is 13.8 Å². The summed E-state index contributed by atoms with van der Waals surface area (Å²) in [5.41, 5.74) is 0. The maximum atomic E-state index is 11.7. The van der Waals surface area contributed by atoms with Crippen molar-refractivity contribution in [1.82, 2.24) is 5.12 Å². The molecule has 0 fully saturated rings. The van der Waals surface area contributed by atoms with Gasteiger partial charge in [-0.1, -0.05) is 13.8 Å². The van der Waals surface area contributed by atoms with Crippen LogP contribution in [0.25, 0.3) is 0 Å². The van der Waals surface area contributed by atoms with Gasteiger partial charge in [-0.15, -0.1) is 9.60 Å². The Bertz CT molecular complexity index is 27.7. The number of halogens is 1. The zero-order valence-electron chi connectivity index (χ0n) is 6.24. The summed E-state index contributed by atoms with van der Waals surface area (Å²) in [6.45, 7) is 8.56. The molecule has 0 aromatic heterocycles. The molecule has 0 aliphatic rings. The van der Waals surface area contributed by atoms with Crippen LogP contribution in [0.15, 0.2) is 0 Å². The largest absolute Gasteiger partial charge is 0.147 e. The van der Waals surface area contributed by atoms with E-state index in [9.17, 15) is 4.48 Å². The van der Waals surface area contributed by atoms with Crippen LogP contribution in [-0.2, 0) is 0 Å². The van der Waals surface area contributed by atoms with Crippen molar-refractivity contribution in [2.45, 2.75) is 27.7 Å². The van der Waals surface area contributed by atoms with Gasteiger partial charge in [-0.05, 0) is 13.8 Å². The molecular weight excluding hydrogens is 105 g/mol. The Morgan fingerprint density at radius 1 is 1.12 bits per heavy atom. The molecular formula is C6H16FN. The van der Waals surface area contributed by atoms with E-state index < -0.39 is 0 Å². The van der Waals surface area contributed by atoms with Crippen molar-refractivity contribution in [3.05, 3.63) is 0 Å². The van der Waals surface area contributed by atoms with Crippen molar-refractivity contribution in [1.29, 1.82) is 0 Å². The van der Waals surface area contributed by atoms with Gasteiger partial charge in [-0.25, -0.2) is 0 Å². The van der Waals surface area contributed by atoms with Crippen LogP contribution >= 0.6 is 0 Å². The van der Waals surface area contributed by atoms with Gasteiger partial charge < -0.3 is 0 Å². The minimum atomic E-state index is 0.497. The highest BCUT2D eigenvalue weighted by atomic mass is 19.2. The average Bonchev–Trinajstić information content (AvgIpc) is 1.91. The fraction of sp³-hybridized carbons (Fsp3) is 1.00. The summed E-state index contributed by atoms with van der Waals surface area (Å²) < 4.78 is 11.7. The highest BCUT2D eigenvalue weighted by Gasteiger charge is 1.87. The summed E-state index contributed by atoms with van der Waals surface area (Å²) in [7, 11) is 0. The van der Waals surface area contributed by atoms with E-state index >= 15 is 0 Å². The normalized spacial score (nSPS) is 8.25. The van der Waals surface area contributed by atoms with Crippen molar-refractivity contribution in [2.75, 3.05) is 13.1 Å². The van der Waals surface area contributed by atoms with Crippen molar-refractivity contribution in [2.24, 2.45) is 0 Å². The molecule has 0 spiro atoms. The lowest BCUT2D eigenvalue weighted by atomic mass is 10.7. The van der Waals surface area contributed by atoms with Crippen molar-refractivity contribution >= 4 is 0 Å². The molecule has 52 valence electrons. The van der Waals surface area contributed by atoms with Crippen molar-refractivity contribution < 1.29 is 4.48 Å². The van der Waals surface area contributed by atoms with Gasteiger partial charge in [0.2, 0.25) is 0 Å². The predicted octanol–water partition coefficient (Wildman–Crippen LogP) is 2.24. The third kappa shape index (κ3) is 9.31. The summed E-state index contributed by atoms with van der Waals surface area (Å²) >= 11 is 0. The maximum Gasteiger partial charge on any atom is 0.0261 e. The van der Waals surface area contributed by atoms with Gasteiger partial charge in [0.15, 0.2) is 0 Å². The monoisotopic (exact) mass is 121 g/mol. The second-order valence-electron chi connectivity index (χ2n) is 1.10. The third-order valence-corrected chi connectivity index (χ3v) is 0.686. The molecule has 0 atom stereocenters. The van der Waals surface area contributed by atoms with Gasteiger partial charge in [0, 0.05) is 13.1 Å². The van der Waals surface area contributed by atoms with E-state index in [1.165, 1.54) is 0 Å². The molecule has 0 radical (unpaired) electrons. The first-order chi connectivity index (χ1) is 3.81. The molecule has 0 rings (SSSR count).